The zero-order valence-electron chi connectivity index (χ0n) is 14.8. The number of hydrogen-bond acceptors (Lipinski definition) is 4. The first kappa shape index (κ1) is 17.0. The van der Waals surface area contributed by atoms with Gasteiger partial charge in [0.1, 0.15) is 17.0 Å². The van der Waals surface area contributed by atoms with E-state index in [0.29, 0.717) is 0 Å². The van der Waals surface area contributed by atoms with Crippen molar-refractivity contribution in [3.05, 3.63) is 69.8 Å². The van der Waals surface area contributed by atoms with Gasteiger partial charge in [-0.3, -0.25) is 0 Å². The molecule has 130 valence electrons. The molecule has 5 heteroatoms. The Morgan fingerprint density at radius 3 is 2.35 bits per heavy atom. The van der Waals surface area contributed by atoms with Gasteiger partial charge in [0.2, 0.25) is 0 Å². The molecule has 0 fully saturated rings. The number of anilines is 2. The van der Waals surface area contributed by atoms with Crippen LogP contribution in [0.15, 0.2) is 48.1 Å². The molecule has 0 spiro atoms. The van der Waals surface area contributed by atoms with E-state index in [-0.39, 0.29) is 0 Å². The molecule has 0 amide bonds. The Kier molecular flexibility index (Phi) is 4.39. The smallest absolute Gasteiger partial charge is 0.143 e. The lowest BCUT2D eigenvalue weighted by Gasteiger charge is -2.14. The summed E-state index contributed by atoms with van der Waals surface area (Å²) in [4.78, 5) is 9.96. The monoisotopic (exact) mass is 379 g/mol. The number of nitrogens with one attached hydrogen (secondary N) is 1. The average Bonchev–Trinajstić information content (AvgIpc) is 3.03. The first-order chi connectivity index (χ1) is 12.5. The number of nitrogens with zero attached hydrogens (tertiary/aromatic N) is 2. The molecule has 0 saturated carbocycles. The number of thiophene rings is 1. The summed E-state index contributed by atoms with van der Waals surface area (Å²) >= 11 is 7.67. The zero-order chi connectivity index (χ0) is 18.3. The maximum absolute atomic E-state index is 6.04. The van der Waals surface area contributed by atoms with Crippen LogP contribution in [0.1, 0.15) is 16.7 Å². The van der Waals surface area contributed by atoms with Crippen molar-refractivity contribution in [2.45, 2.75) is 20.8 Å². The molecule has 0 unspecified atom stereocenters. The second-order valence-electron chi connectivity index (χ2n) is 6.46. The van der Waals surface area contributed by atoms with Crippen LogP contribution in [-0.2, 0) is 0 Å². The highest BCUT2D eigenvalue weighted by Crippen LogP contribution is 2.38. The standard InChI is InChI=1S/C21H18ClN3S/c1-12-8-13(2)19(14(3)9-12)25-20-18-17(10-26-21(18)24-11-23-20)15-4-6-16(22)7-5-15/h4-11H,1-3H3,(H,23,24,25). The Balaban J connectivity index is 1.86. The van der Waals surface area contributed by atoms with Gasteiger partial charge in [0.25, 0.3) is 0 Å². The largest absolute Gasteiger partial charge is 0.339 e. The zero-order valence-corrected chi connectivity index (χ0v) is 16.4. The molecular weight excluding hydrogens is 362 g/mol. The number of fused-ring (bicyclic) bond motifs is 1. The van der Waals surface area contributed by atoms with E-state index in [0.717, 1.165) is 37.9 Å². The van der Waals surface area contributed by atoms with E-state index >= 15 is 0 Å². The lowest BCUT2D eigenvalue weighted by Crippen LogP contribution is -2.00. The van der Waals surface area contributed by atoms with Gasteiger partial charge in [-0.25, -0.2) is 9.97 Å². The molecule has 0 aliphatic carbocycles. The van der Waals surface area contributed by atoms with E-state index in [1.54, 1.807) is 17.7 Å². The van der Waals surface area contributed by atoms with Gasteiger partial charge in [0, 0.05) is 21.7 Å². The predicted octanol–water partition coefficient (Wildman–Crippen LogP) is 6.68. The van der Waals surface area contributed by atoms with Crippen LogP contribution >= 0.6 is 22.9 Å². The predicted molar refractivity (Wildman–Crippen MR) is 112 cm³/mol. The van der Waals surface area contributed by atoms with Crippen molar-refractivity contribution in [3.8, 4) is 11.1 Å². The molecular formula is C21H18ClN3S. The molecule has 0 radical (unpaired) electrons. The summed E-state index contributed by atoms with van der Waals surface area (Å²) in [6.45, 7) is 6.35. The summed E-state index contributed by atoms with van der Waals surface area (Å²) in [6, 6.07) is 12.2. The number of hydrogen-bond donors (Lipinski definition) is 1. The number of benzene rings is 2. The normalized spacial score (nSPS) is 11.1. The second kappa shape index (κ2) is 6.71. The Labute approximate surface area is 161 Å². The van der Waals surface area contributed by atoms with Crippen LogP contribution in [0, 0.1) is 20.8 Å². The Morgan fingerprint density at radius 1 is 0.962 bits per heavy atom. The lowest BCUT2D eigenvalue weighted by atomic mass is 10.0. The Hall–Kier alpha value is -2.43. The molecule has 0 aliphatic rings. The molecule has 2 aromatic heterocycles. The minimum Gasteiger partial charge on any atom is -0.339 e. The number of aryl methyl sites for hydroxylation is 3. The van der Waals surface area contributed by atoms with Gasteiger partial charge >= 0.3 is 0 Å². The van der Waals surface area contributed by atoms with Crippen molar-refractivity contribution in [2.24, 2.45) is 0 Å². The van der Waals surface area contributed by atoms with Crippen molar-refractivity contribution in [1.82, 2.24) is 9.97 Å². The quantitative estimate of drug-likeness (QED) is 0.431. The first-order valence-electron chi connectivity index (χ1n) is 8.36. The van der Waals surface area contributed by atoms with Crippen LogP contribution in [0.25, 0.3) is 21.3 Å². The third-order valence-electron chi connectivity index (χ3n) is 4.45. The highest BCUT2D eigenvalue weighted by Gasteiger charge is 2.15. The molecule has 2 heterocycles. The number of rotatable bonds is 3. The maximum Gasteiger partial charge on any atom is 0.143 e. The summed E-state index contributed by atoms with van der Waals surface area (Å²) < 4.78 is 0. The second-order valence-corrected chi connectivity index (χ2v) is 7.75. The van der Waals surface area contributed by atoms with E-state index in [9.17, 15) is 0 Å². The summed E-state index contributed by atoms with van der Waals surface area (Å²) in [7, 11) is 0. The van der Waals surface area contributed by atoms with E-state index in [1.807, 2.05) is 24.3 Å². The Bertz CT molecular complexity index is 1080. The molecule has 0 aliphatic heterocycles. The van der Waals surface area contributed by atoms with Gasteiger partial charge in [-0.1, -0.05) is 41.4 Å². The summed E-state index contributed by atoms with van der Waals surface area (Å²) in [5, 5.41) is 7.45. The minimum atomic E-state index is 0.730. The van der Waals surface area contributed by atoms with E-state index in [2.05, 4.69) is 53.6 Å². The van der Waals surface area contributed by atoms with E-state index in [1.165, 1.54) is 16.7 Å². The van der Waals surface area contributed by atoms with Crippen LogP contribution in [0.5, 0.6) is 0 Å². The van der Waals surface area contributed by atoms with Crippen LogP contribution < -0.4 is 5.32 Å². The van der Waals surface area contributed by atoms with Crippen molar-refractivity contribution in [1.29, 1.82) is 0 Å². The SMILES string of the molecule is Cc1cc(C)c(Nc2ncnc3scc(-c4ccc(Cl)cc4)c23)c(C)c1. The highest BCUT2D eigenvalue weighted by atomic mass is 35.5. The van der Waals surface area contributed by atoms with Crippen LogP contribution in [-0.4, -0.2) is 9.97 Å². The topological polar surface area (TPSA) is 37.8 Å². The molecule has 4 aromatic rings. The Morgan fingerprint density at radius 2 is 1.65 bits per heavy atom. The van der Waals surface area contributed by atoms with Crippen molar-refractivity contribution in [2.75, 3.05) is 5.32 Å². The fourth-order valence-corrected chi connectivity index (χ4v) is 4.35. The minimum absolute atomic E-state index is 0.730. The van der Waals surface area contributed by atoms with E-state index < -0.39 is 0 Å². The molecule has 2 aromatic carbocycles. The molecule has 4 rings (SSSR count). The lowest BCUT2D eigenvalue weighted by molar-refractivity contribution is 1.22. The molecule has 1 N–H and O–H groups in total. The van der Waals surface area contributed by atoms with Crippen LogP contribution in [0.3, 0.4) is 0 Å². The van der Waals surface area contributed by atoms with Gasteiger partial charge in [-0.15, -0.1) is 11.3 Å². The average molecular weight is 380 g/mol. The number of aromatic nitrogens is 2. The molecule has 0 bridgehead atoms. The van der Waals surface area contributed by atoms with Gasteiger partial charge < -0.3 is 5.32 Å². The summed E-state index contributed by atoms with van der Waals surface area (Å²) in [5.41, 5.74) is 7.00. The van der Waals surface area contributed by atoms with Gasteiger partial charge in [-0.2, -0.15) is 0 Å². The van der Waals surface area contributed by atoms with Crippen LogP contribution in [0.4, 0.5) is 11.5 Å². The summed E-state index contributed by atoms with van der Waals surface area (Å²) in [5.74, 6) is 0.830. The van der Waals surface area contributed by atoms with Gasteiger partial charge in [0.05, 0.1) is 5.39 Å². The van der Waals surface area contributed by atoms with Crippen molar-refractivity contribution >= 4 is 44.7 Å². The third kappa shape index (κ3) is 3.06. The van der Waals surface area contributed by atoms with E-state index in [4.69, 9.17) is 11.6 Å². The first-order valence-corrected chi connectivity index (χ1v) is 9.61. The van der Waals surface area contributed by atoms with Gasteiger partial charge in [0.15, 0.2) is 0 Å². The molecule has 0 atom stereocenters. The third-order valence-corrected chi connectivity index (χ3v) is 5.58. The molecule has 0 saturated heterocycles. The molecule has 26 heavy (non-hydrogen) atoms. The van der Waals surface area contributed by atoms with Crippen molar-refractivity contribution < 1.29 is 0 Å². The fourth-order valence-electron chi connectivity index (χ4n) is 3.31. The highest BCUT2D eigenvalue weighted by molar-refractivity contribution is 7.17. The van der Waals surface area contributed by atoms with Crippen LogP contribution in [0.2, 0.25) is 5.02 Å². The summed E-state index contributed by atoms with van der Waals surface area (Å²) in [6.07, 6.45) is 1.62. The van der Waals surface area contributed by atoms with Gasteiger partial charge in [-0.05, 0) is 49.6 Å². The van der Waals surface area contributed by atoms with Crippen molar-refractivity contribution in [3.63, 3.8) is 0 Å². The molecule has 3 nitrogen and oxygen atoms in total. The number of halogens is 1. The maximum atomic E-state index is 6.04. The fraction of sp³-hybridized carbons (Fsp3) is 0.143.